The van der Waals surface area contributed by atoms with Gasteiger partial charge in [0.1, 0.15) is 22.0 Å². The van der Waals surface area contributed by atoms with Gasteiger partial charge < -0.3 is 15.4 Å². The molecular weight excluding hydrogens is 423 g/mol. The van der Waals surface area contributed by atoms with E-state index in [1.54, 1.807) is 6.07 Å². The third-order valence-electron chi connectivity index (χ3n) is 4.51. The minimum Gasteiger partial charge on any atom is -0.506 e. The van der Waals surface area contributed by atoms with Crippen LogP contribution in [-0.2, 0) is 12.8 Å². The predicted molar refractivity (Wildman–Crippen MR) is 103 cm³/mol. The van der Waals surface area contributed by atoms with Crippen LogP contribution in [0.4, 0.5) is 10.1 Å². The Bertz CT molecular complexity index is 1110. The number of hydrogen-bond acceptors (Lipinski definition) is 4. The Balaban J connectivity index is 1.80. The molecule has 0 saturated carbocycles. The third kappa shape index (κ3) is 2.83. The van der Waals surface area contributed by atoms with Gasteiger partial charge in [-0.2, -0.15) is 0 Å². The highest BCUT2D eigenvalue weighted by Crippen LogP contribution is 2.40. The molecule has 1 amide bonds. The number of halogens is 2. The molecule has 1 aliphatic rings. The quantitative estimate of drug-likeness (QED) is 0.558. The maximum absolute atomic E-state index is 14.0. The standard InChI is InChI=1S/C18H14BrFN2O3S/c19-8-5-6-11(10(20)7-8)21-16(24)14-15(23)13-9-3-1-2-4-12(9)26-18(13)22-17(14)25/h5-7H,1-4H2,(H,21,24)(H2,22,23,25). The highest BCUT2D eigenvalue weighted by atomic mass is 79.9. The molecule has 0 spiro atoms. The lowest BCUT2D eigenvalue weighted by Gasteiger charge is -2.12. The van der Waals surface area contributed by atoms with E-state index in [0.29, 0.717) is 14.7 Å². The van der Waals surface area contributed by atoms with Gasteiger partial charge in [-0.1, -0.05) is 15.9 Å². The summed E-state index contributed by atoms with van der Waals surface area (Å²) in [7, 11) is 0. The summed E-state index contributed by atoms with van der Waals surface area (Å²) < 4.78 is 14.5. The van der Waals surface area contributed by atoms with Gasteiger partial charge in [0.2, 0.25) is 0 Å². The van der Waals surface area contributed by atoms with Crippen LogP contribution < -0.4 is 10.9 Å². The van der Waals surface area contributed by atoms with Crippen LogP contribution in [-0.4, -0.2) is 16.0 Å². The van der Waals surface area contributed by atoms with Crippen LogP contribution in [0.2, 0.25) is 0 Å². The Morgan fingerprint density at radius 2 is 2.08 bits per heavy atom. The molecule has 4 rings (SSSR count). The lowest BCUT2D eigenvalue weighted by molar-refractivity contribution is 0.102. The predicted octanol–water partition coefficient (Wildman–Crippen LogP) is 4.33. The maximum Gasteiger partial charge on any atom is 0.265 e. The van der Waals surface area contributed by atoms with Crippen molar-refractivity contribution in [3.63, 3.8) is 0 Å². The van der Waals surface area contributed by atoms with E-state index in [9.17, 15) is 19.1 Å². The number of thiophene rings is 1. The van der Waals surface area contributed by atoms with Crippen molar-refractivity contribution >= 4 is 49.1 Å². The SMILES string of the molecule is O=C(Nc1ccc(Br)cc1F)c1c(O)c2c3c(sc2[nH]c1=O)CCCC3. The number of aryl methyl sites for hydroxylation is 2. The van der Waals surface area contributed by atoms with Crippen molar-refractivity contribution in [1.82, 2.24) is 4.98 Å². The molecule has 2 aromatic heterocycles. The van der Waals surface area contributed by atoms with Crippen LogP contribution in [0.5, 0.6) is 5.75 Å². The Labute approximate surface area is 160 Å². The summed E-state index contributed by atoms with van der Waals surface area (Å²) in [4.78, 5) is 29.3. The minimum absolute atomic E-state index is 0.0653. The molecule has 1 aliphatic carbocycles. The highest BCUT2D eigenvalue weighted by molar-refractivity contribution is 9.10. The fraction of sp³-hybridized carbons (Fsp3) is 0.222. The largest absolute Gasteiger partial charge is 0.506 e. The summed E-state index contributed by atoms with van der Waals surface area (Å²) >= 11 is 4.59. The van der Waals surface area contributed by atoms with Gasteiger partial charge in [0.25, 0.3) is 11.5 Å². The number of aromatic nitrogens is 1. The second-order valence-corrected chi connectivity index (χ2v) is 8.19. The van der Waals surface area contributed by atoms with E-state index in [2.05, 4.69) is 26.2 Å². The van der Waals surface area contributed by atoms with Crippen molar-refractivity contribution in [3.8, 4) is 5.75 Å². The number of carbonyl (C=O) groups is 1. The molecule has 0 unspecified atom stereocenters. The van der Waals surface area contributed by atoms with Crippen LogP contribution in [0.1, 0.15) is 33.6 Å². The van der Waals surface area contributed by atoms with Crippen molar-refractivity contribution in [2.75, 3.05) is 5.32 Å². The number of aromatic amines is 1. The average molecular weight is 437 g/mol. The number of hydrogen-bond donors (Lipinski definition) is 3. The van der Waals surface area contributed by atoms with E-state index in [1.807, 2.05) is 0 Å². The molecule has 0 fully saturated rings. The van der Waals surface area contributed by atoms with Crippen molar-refractivity contribution in [3.05, 3.63) is 54.8 Å². The molecule has 5 nitrogen and oxygen atoms in total. The highest BCUT2D eigenvalue weighted by Gasteiger charge is 2.25. The van der Waals surface area contributed by atoms with E-state index in [1.165, 1.54) is 23.5 Å². The lowest BCUT2D eigenvalue weighted by atomic mass is 9.96. The molecule has 2 heterocycles. The number of pyridine rings is 1. The Morgan fingerprint density at radius 3 is 2.85 bits per heavy atom. The van der Waals surface area contributed by atoms with Crippen molar-refractivity contribution < 1.29 is 14.3 Å². The van der Waals surface area contributed by atoms with Gasteiger partial charge in [-0.15, -0.1) is 11.3 Å². The zero-order valence-corrected chi connectivity index (χ0v) is 15.9. The second kappa shape index (κ2) is 6.51. The summed E-state index contributed by atoms with van der Waals surface area (Å²) in [5, 5.41) is 13.6. The summed E-state index contributed by atoms with van der Waals surface area (Å²) in [6, 6.07) is 4.16. The smallest absolute Gasteiger partial charge is 0.265 e. The summed E-state index contributed by atoms with van der Waals surface area (Å²) in [6.07, 6.45) is 3.78. The first-order valence-electron chi connectivity index (χ1n) is 8.11. The van der Waals surface area contributed by atoms with E-state index >= 15 is 0 Å². The number of benzene rings is 1. The molecule has 0 bridgehead atoms. The van der Waals surface area contributed by atoms with Crippen LogP contribution >= 0.6 is 27.3 Å². The Kier molecular flexibility index (Phi) is 4.32. The van der Waals surface area contributed by atoms with E-state index in [-0.39, 0.29) is 11.4 Å². The van der Waals surface area contributed by atoms with Crippen molar-refractivity contribution in [2.24, 2.45) is 0 Å². The summed E-state index contributed by atoms with van der Waals surface area (Å²) in [5.41, 5.74) is -0.159. The molecular formula is C18H14BrFN2O3S. The van der Waals surface area contributed by atoms with Crippen LogP contribution in [0, 0.1) is 5.82 Å². The number of anilines is 1. The molecule has 0 radical (unpaired) electrons. The fourth-order valence-corrected chi connectivity index (χ4v) is 4.91. The van der Waals surface area contributed by atoms with E-state index in [4.69, 9.17) is 0 Å². The zero-order chi connectivity index (χ0) is 18.4. The number of rotatable bonds is 2. The molecule has 3 N–H and O–H groups in total. The number of aromatic hydroxyl groups is 1. The zero-order valence-electron chi connectivity index (χ0n) is 13.5. The lowest BCUT2D eigenvalue weighted by Crippen LogP contribution is -2.23. The van der Waals surface area contributed by atoms with Gasteiger partial charge in [0, 0.05) is 9.35 Å². The van der Waals surface area contributed by atoms with Gasteiger partial charge >= 0.3 is 0 Å². The van der Waals surface area contributed by atoms with Gasteiger partial charge in [-0.3, -0.25) is 9.59 Å². The van der Waals surface area contributed by atoms with Gasteiger partial charge in [-0.05, 0) is 49.4 Å². The Morgan fingerprint density at radius 1 is 1.31 bits per heavy atom. The summed E-state index contributed by atoms with van der Waals surface area (Å²) in [6.45, 7) is 0. The van der Waals surface area contributed by atoms with Crippen LogP contribution in [0.3, 0.4) is 0 Å². The topological polar surface area (TPSA) is 82.2 Å². The van der Waals surface area contributed by atoms with E-state index < -0.39 is 22.8 Å². The Hall–Kier alpha value is -2.19. The second-order valence-electron chi connectivity index (χ2n) is 6.17. The molecule has 26 heavy (non-hydrogen) atoms. The van der Waals surface area contributed by atoms with Crippen molar-refractivity contribution in [1.29, 1.82) is 0 Å². The van der Waals surface area contributed by atoms with Crippen LogP contribution in [0.15, 0.2) is 27.5 Å². The normalized spacial score (nSPS) is 13.6. The van der Waals surface area contributed by atoms with Gasteiger partial charge in [-0.25, -0.2) is 4.39 Å². The number of fused-ring (bicyclic) bond motifs is 3. The molecule has 3 aromatic rings. The first-order chi connectivity index (χ1) is 12.5. The van der Waals surface area contributed by atoms with Crippen LogP contribution in [0.25, 0.3) is 10.2 Å². The molecule has 8 heteroatoms. The molecule has 1 aromatic carbocycles. The number of H-pyrrole nitrogens is 1. The van der Waals surface area contributed by atoms with E-state index in [0.717, 1.165) is 36.1 Å². The fourth-order valence-electron chi connectivity index (χ4n) is 3.29. The average Bonchev–Trinajstić information content (AvgIpc) is 2.95. The molecule has 0 aliphatic heterocycles. The number of nitrogens with one attached hydrogen (secondary N) is 2. The maximum atomic E-state index is 14.0. The number of amides is 1. The summed E-state index contributed by atoms with van der Waals surface area (Å²) in [5.74, 6) is -1.82. The first-order valence-corrected chi connectivity index (χ1v) is 9.72. The molecule has 0 saturated heterocycles. The minimum atomic E-state index is -0.845. The molecule has 0 atom stereocenters. The molecule has 134 valence electrons. The third-order valence-corrected chi connectivity index (χ3v) is 6.21. The van der Waals surface area contributed by atoms with Crippen molar-refractivity contribution in [2.45, 2.75) is 25.7 Å². The number of carbonyl (C=O) groups excluding carboxylic acids is 1. The first kappa shape index (κ1) is 17.2. The van der Waals surface area contributed by atoms with Gasteiger partial charge in [0.15, 0.2) is 0 Å². The monoisotopic (exact) mass is 436 g/mol. The van der Waals surface area contributed by atoms with Gasteiger partial charge in [0.05, 0.1) is 11.1 Å².